The minimum atomic E-state index is 0.265. The van der Waals surface area contributed by atoms with Crippen molar-refractivity contribution in [2.45, 2.75) is 65.9 Å². The summed E-state index contributed by atoms with van der Waals surface area (Å²) in [7, 11) is 0. The van der Waals surface area contributed by atoms with Crippen molar-refractivity contribution in [1.29, 1.82) is 0 Å². The van der Waals surface area contributed by atoms with Crippen molar-refractivity contribution < 1.29 is 9.53 Å². The molecule has 1 rings (SSSR count). The average Bonchev–Trinajstić information content (AvgIpc) is 2.08. The van der Waals surface area contributed by atoms with Crippen LogP contribution in [0.1, 0.15) is 59.8 Å². The van der Waals surface area contributed by atoms with E-state index in [2.05, 4.69) is 20.8 Å². The second-order valence-electron chi connectivity index (χ2n) is 6.21. The van der Waals surface area contributed by atoms with Gasteiger partial charge in [0.15, 0.2) is 0 Å². The molecule has 0 bridgehead atoms. The van der Waals surface area contributed by atoms with Gasteiger partial charge in [-0.15, -0.1) is 0 Å². The highest BCUT2D eigenvalue weighted by Gasteiger charge is 2.32. The highest BCUT2D eigenvalue weighted by Crippen LogP contribution is 2.39. The molecule has 16 heavy (non-hydrogen) atoms. The summed E-state index contributed by atoms with van der Waals surface area (Å²) >= 11 is 0. The summed E-state index contributed by atoms with van der Waals surface area (Å²) in [6.07, 6.45) is 5.60. The zero-order valence-corrected chi connectivity index (χ0v) is 11.2. The van der Waals surface area contributed by atoms with Crippen molar-refractivity contribution in [3.8, 4) is 0 Å². The topological polar surface area (TPSA) is 26.3 Å². The van der Waals surface area contributed by atoms with E-state index in [0.717, 1.165) is 25.4 Å². The van der Waals surface area contributed by atoms with Gasteiger partial charge in [0, 0.05) is 13.0 Å². The molecule has 0 aromatic rings. The highest BCUT2D eigenvalue weighted by atomic mass is 16.5. The number of carbonyl (C=O) groups is 1. The van der Waals surface area contributed by atoms with Crippen molar-refractivity contribution in [1.82, 2.24) is 0 Å². The third-order valence-corrected chi connectivity index (χ3v) is 3.37. The normalized spacial score (nSPS) is 29.0. The van der Waals surface area contributed by atoms with Crippen LogP contribution < -0.4 is 0 Å². The smallest absolute Gasteiger partial charge is 0.129 e. The van der Waals surface area contributed by atoms with Crippen molar-refractivity contribution >= 4 is 5.78 Å². The van der Waals surface area contributed by atoms with E-state index in [0.29, 0.717) is 17.9 Å². The predicted molar refractivity (Wildman–Crippen MR) is 66.5 cm³/mol. The standard InChI is InChI=1S/C14H26O2/c1-11-8-13(10-14(3,4)9-11)16-7-5-6-12(2)15/h11,13H,5-10H2,1-4H3. The Morgan fingerprint density at radius 1 is 1.38 bits per heavy atom. The summed E-state index contributed by atoms with van der Waals surface area (Å²) in [5.74, 6) is 1.03. The highest BCUT2D eigenvalue weighted by molar-refractivity contribution is 5.75. The predicted octanol–water partition coefficient (Wildman–Crippen LogP) is 3.59. The molecule has 1 saturated carbocycles. The third-order valence-electron chi connectivity index (χ3n) is 3.37. The molecule has 1 aliphatic carbocycles. The molecule has 0 spiro atoms. The Morgan fingerprint density at radius 2 is 2.06 bits per heavy atom. The Hall–Kier alpha value is -0.370. The van der Waals surface area contributed by atoms with Gasteiger partial charge in [-0.2, -0.15) is 0 Å². The molecule has 94 valence electrons. The van der Waals surface area contributed by atoms with Gasteiger partial charge in [-0.1, -0.05) is 20.8 Å². The first-order valence-corrected chi connectivity index (χ1v) is 6.50. The zero-order chi connectivity index (χ0) is 12.2. The van der Waals surface area contributed by atoms with E-state index in [9.17, 15) is 4.79 Å². The van der Waals surface area contributed by atoms with Crippen LogP contribution in [-0.2, 0) is 9.53 Å². The lowest BCUT2D eigenvalue weighted by atomic mass is 9.71. The molecule has 2 nitrogen and oxygen atoms in total. The van der Waals surface area contributed by atoms with Crippen molar-refractivity contribution in [2.24, 2.45) is 11.3 Å². The molecule has 0 radical (unpaired) electrons. The van der Waals surface area contributed by atoms with Crippen LogP contribution in [0.25, 0.3) is 0 Å². The van der Waals surface area contributed by atoms with Crippen LogP contribution in [0.2, 0.25) is 0 Å². The summed E-state index contributed by atoms with van der Waals surface area (Å²) in [6, 6.07) is 0. The minimum Gasteiger partial charge on any atom is -0.378 e. The summed E-state index contributed by atoms with van der Waals surface area (Å²) in [4.78, 5) is 10.8. The van der Waals surface area contributed by atoms with Gasteiger partial charge >= 0.3 is 0 Å². The molecule has 1 fully saturated rings. The fourth-order valence-corrected chi connectivity index (χ4v) is 2.96. The molecule has 0 heterocycles. The van der Waals surface area contributed by atoms with E-state index in [1.807, 2.05) is 0 Å². The first-order chi connectivity index (χ1) is 7.39. The fraction of sp³-hybridized carbons (Fsp3) is 0.929. The average molecular weight is 226 g/mol. The molecule has 0 aromatic heterocycles. The number of Topliss-reactive ketones (excluding diaryl/α,β-unsaturated/α-hetero) is 1. The van der Waals surface area contributed by atoms with Crippen molar-refractivity contribution in [2.75, 3.05) is 6.61 Å². The second kappa shape index (κ2) is 5.81. The van der Waals surface area contributed by atoms with E-state index in [-0.39, 0.29) is 5.78 Å². The number of carbonyl (C=O) groups excluding carboxylic acids is 1. The Morgan fingerprint density at radius 3 is 2.62 bits per heavy atom. The molecule has 0 saturated heterocycles. The third kappa shape index (κ3) is 5.11. The van der Waals surface area contributed by atoms with Crippen molar-refractivity contribution in [3.05, 3.63) is 0 Å². The van der Waals surface area contributed by atoms with Gasteiger partial charge in [0.05, 0.1) is 6.10 Å². The lowest BCUT2D eigenvalue weighted by Crippen LogP contribution is -2.32. The van der Waals surface area contributed by atoms with Gasteiger partial charge < -0.3 is 9.53 Å². The molecular weight excluding hydrogens is 200 g/mol. The van der Waals surface area contributed by atoms with Gasteiger partial charge in [0.25, 0.3) is 0 Å². The van der Waals surface area contributed by atoms with Gasteiger partial charge in [0.2, 0.25) is 0 Å². The SMILES string of the molecule is CC(=O)CCCOC1CC(C)CC(C)(C)C1. The molecule has 0 amide bonds. The maximum atomic E-state index is 10.8. The molecule has 0 N–H and O–H groups in total. The molecule has 0 aromatic carbocycles. The molecule has 2 heteroatoms. The molecule has 2 unspecified atom stereocenters. The monoisotopic (exact) mass is 226 g/mol. The largest absolute Gasteiger partial charge is 0.378 e. The summed E-state index contributed by atoms with van der Waals surface area (Å²) in [5, 5.41) is 0. The fourth-order valence-electron chi connectivity index (χ4n) is 2.96. The van der Waals surface area contributed by atoms with Crippen LogP contribution in [0.5, 0.6) is 0 Å². The van der Waals surface area contributed by atoms with Gasteiger partial charge in [-0.25, -0.2) is 0 Å². The maximum Gasteiger partial charge on any atom is 0.129 e. The molecule has 1 aliphatic rings. The van der Waals surface area contributed by atoms with Crippen LogP contribution in [0.4, 0.5) is 0 Å². The van der Waals surface area contributed by atoms with Crippen LogP contribution in [0.15, 0.2) is 0 Å². The van der Waals surface area contributed by atoms with Gasteiger partial charge in [-0.3, -0.25) is 0 Å². The lowest BCUT2D eigenvalue weighted by molar-refractivity contribution is -0.117. The number of rotatable bonds is 5. The van der Waals surface area contributed by atoms with Crippen LogP contribution in [0.3, 0.4) is 0 Å². The number of ether oxygens (including phenoxy) is 1. The minimum absolute atomic E-state index is 0.265. The quantitative estimate of drug-likeness (QED) is 0.670. The Bertz CT molecular complexity index is 233. The first kappa shape index (κ1) is 13.7. The Balaban J connectivity index is 2.23. The van der Waals surface area contributed by atoms with Crippen molar-refractivity contribution in [3.63, 3.8) is 0 Å². The lowest BCUT2D eigenvalue weighted by Gasteiger charge is -2.38. The number of hydrogen-bond donors (Lipinski definition) is 0. The van der Waals surface area contributed by atoms with Crippen LogP contribution in [0, 0.1) is 11.3 Å². The van der Waals surface area contributed by atoms with E-state index in [1.165, 1.54) is 12.8 Å². The number of ketones is 1. The maximum absolute atomic E-state index is 10.8. The summed E-state index contributed by atoms with van der Waals surface area (Å²) in [6.45, 7) is 9.36. The van der Waals surface area contributed by atoms with Crippen LogP contribution >= 0.6 is 0 Å². The zero-order valence-electron chi connectivity index (χ0n) is 11.2. The van der Waals surface area contributed by atoms with Gasteiger partial charge in [-0.05, 0) is 43.9 Å². The molecular formula is C14H26O2. The van der Waals surface area contributed by atoms with E-state index in [4.69, 9.17) is 4.74 Å². The van der Waals surface area contributed by atoms with Crippen LogP contribution in [-0.4, -0.2) is 18.5 Å². The number of hydrogen-bond acceptors (Lipinski definition) is 2. The second-order valence-corrected chi connectivity index (χ2v) is 6.21. The summed E-state index contributed by atoms with van der Waals surface area (Å²) in [5.41, 5.74) is 0.420. The van der Waals surface area contributed by atoms with E-state index < -0.39 is 0 Å². The first-order valence-electron chi connectivity index (χ1n) is 6.50. The van der Waals surface area contributed by atoms with Gasteiger partial charge in [0.1, 0.15) is 5.78 Å². The Kier molecular flexibility index (Phi) is 4.97. The Labute approximate surface area is 99.8 Å². The van der Waals surface area contributed by atoms with E-state index in [1.54, 1.807) is 6.92 Å². The molecule has 0 aliphatic heterocycles. The molecule has 2 atom stereocenters. The van der Waals surface area contributed by atoms with E-state index >= 15 is 0 Å². The summed E-state index contributed by atoms with van der Waals surface area (Å²) < 4.78 is 5.89.